The van der Waals surface area contributed by atoms with Gasteiger partial charge in [0.1, 0.15) is 6.07 Å². The number of carbonyl (C=O) groups is 1. The van der Waals surface area contributed by atoms with Gasteiger partial charge in [0.15, 0.2) is 10.8 Å². The summed E-state index contributed by atoms with van der Waals surface area (Å²) in [6.45, 7) is 1.76. The van der Waals surface area contributed by atoms with E-state index < -0.39 is 5.25 Å². The van der Waals surface area contributed by atoms with Crippen LogP contribution in [0.1, 0.15) is 12.5 Å². The van der Waals surface area contributed by atoms with Crippen molar-refractivity contribution in [1.29, 1.82) is 5.26 Å². The zero-order valence-corrected chi connectivity index (χ0v) is 15.2. The fourth-order valence-electron chi connectivity index (χ4n) is 2.06. The minimum Gasteiger partial charge on any atom is -0.331 e. The lowest BCUT2D eigenvalue weighted by atomic mass is 10.2. The highest BCUT2D eigenvalue weighted by Crippen LogP contribution is 2.25. The highest BCUT2D eigenvalue weighted by Gasteiger charge is 2.17. The Morgan fingerprint density at radius 3 is 2.92 bits per heavy atom. The van der Waals surface area contributed by atoms with Gasteiger partial charge in [-0.25, -0.2) is 9.97 Å². The Labute approximate surface area is 157 Å². The summed E-state index contributed by atoms with van der Waals surface area (Å²) in [4.78, 5) is 23.9. The van der Waals surface area contributed by atoms with Crippen LogP contribution in [-0.2, 0) is 4.79 Å². The molecule has 1 atom stereocenters. The molecule has 3 rings (SSSR count). The van der Waals surface area contributed by atoms with Gasteiger partial charge in [-0.15, -0.1) is 0 Å². The number of nitriles is 1. The second kappa shape index (κ2) is 7.31. The van der Waals surface area contributed by atoms with E-state index in [2.05, 4.69) is 20.3 Å². The summed E-state index contributed by atoms with van der Waals surface area (Å²) in [5.74, 6) is -0.211. The Morgan fingerprint density at radius 1 is 1.40 bits per heavy atom. The molecule has 0 aliphatic carbocycles. The normalized spacial score (nSPS) is 11.9. The molecule has 2 aromatic heterocycles. The highest BCUT2D eigenvalue weighted by atomic mass is 35.5. The third-order valence-corrected chi connectivity index (χ3v) is 4.80. The number of amides is 1. The van der Waals surface area contributed by atoms with Crippen molar-refractivity contribution in [3.05, 3.63) is 46.1 Å². The first-order valence-corrected chi connectivity index (χ1v) is 8.78. The van der Waals surface area contributed by atoms with Crippen molar-refractivity contribution < 1.29 is 4.79 Å². The third kappa shape index (κ3) is 4.04. The number of H-pyrrole nitrogens is 1. The van der Waals surface area contributed by atoms with Gasteiger partial charge in [-0.05, 0) is 31.2 Å². The maximum Gasteiger partial charge on any atom is 0.237 e. The molecule has 0 saturated heterocycles. The number of hydrogen-bond acceptors (Lipinski definition) is 5. The minimum atomic E-state index is -0.412. The van der Waals surface area contributed by atoms with Crippen molar-refractivity contribution in [3.63, 3.8) is 0 Å². The Hall–Kier alpha value is -2.27. The number of anilines is 1. The minimum absolute atomic E-state index is 0.211. The third-order valence-electron chi connectivity index (χ3n) is 3.30. The number of pyridine rings is 1. The van der Waals surface area contributed by atoms with Gasteiger partial charge >= 0.3 is 0 Å². The van der Waals surface area contributed by atoms with Crippen LogP contribution in [0.25, 0.3) is 11.2 Å². The first-order chi connectivity index (χ1) is 12.0. The molecule has 1 aromatic carbocycles. The van der Waals surface area contributed by atoms with Crippen molar-refractivity contribution in [2.75, 3.05) is 5.32 Å². The van der Waals surface area contributed by atoms with Crippen LogP contribution in [0.4, 0.5) is 5.69 Å². The summed E-state index contributed by atoms with van der Waals surface area (Å²) in [5.41, 5.74) is 2.13. The summed E-state index contributed by atoms with van der Waals surface area (Å²) in [5, 5.41) is 12.6. The summed E-state index contributed by atoms with van der Waals surface area (Å²) < 4.78 is 0. The quantitative estimate of drug-likeness (QED) is 0.647. The molecule has 0 unspecified atom stereocenters. The van der Waals surface area contributed by atoms with E-state index in [9.17, 15) is 4.79 Å². The molecule has 126 valence electrons. The standard InChI is InChI=1S/C16H11Cl2N5OS/c1-8(15(24)21-11-3-2-9(6-19)12(18)5-11)25-16-22-13-4-10(17)7-20-14(13)23-16/h2-5,7-8H,1H3,(H,21,24)(H,20,22,23)/t8-/m0/s1. The van der Waals surface area contributed by atoms with E-state index in [4.69, 9.17) is 28.5 Å². The molecule has 2 heterocycles. The molecule has 1 amide bonds. The number of halogens is 2. The van der Waals surface area contributed by atoms with Crippen molar-refractivity contribution in [2.24, 2.45) is 0 Å². The zero-order chi connectivity index (χ0) is 18.0. The molecule has 0 aliphatic rings. The number of imidazole rings is 1. The number of hydrogen-bond donors (Lipinski definition) is 2. The molecular formula is C16H11Cl2N5OS. The summed E-state index contributed by atoms with van der Waals surface area (Å²) in [6.07, 6.45) is 1.52. The Kier molecular flexibility index (Phi) is 5.13. The maximum absolute atomic E-state index is 12.3. The molecule has 9 heteroatoms. The molecule has 0 radical (unpaired) electrons. The lowest BCUT2D eigenvalue weighted by molar-refractivity contribution is -0.115. The van der Waals surface area contributed by atoms with E-state index in [0.29, 0.717) is 37.6 Å². The van der Waals surface area contributed by atoms with Crippen molar-refractivity contribution in [3.8, 4) is 6.07 Å². The summed E-state index contributed by atoms with van der Waals surface area (Å²) in [6, 6.07) is 8.43. The lowest BCUT2D eigenvalue weighted by Crippen LogP contribution is -2.22. The molecule has 6 nitrogen and oxygen atoms in total. The van der Waals surface area contributed by atoms with Gasteiger partial charge in [-0.3, -0.25) is 4.79 Å². The molecule has 3 aromatic rings. The number of fused-ring (bicyclic) bond motifs is 1. The number of carbonyl (C=O) groups excluding carboxylic acids is 1. The van der Waals surface area contributed by atoms with Gasteiger partial charge in [0, 0.05) is 11.9 Å². The molecule has 2 N–H and O–H groups in total. The largest absolute Gasteiger partial charge is 0.331 e. The SMILES string of the molecule is C[C@H](Sc1nc2ncc(Cl)cc2[nH]1)C(=O)Nc1ccc(C#N)c(Cl)c1. The van der Waals surface area contributed by atoms with Gasteiger partial charge < -0.3 is 10.3 Å². The van der Waals surface area contributed by atoms with Crippen LogP contribution in [-0.4, -0.2) is 26.1 Å². The van der Waals surface area contributed by atoms with Crippen molar-refractivity contribution >= 4 is 57.7 Å². The van der Waals surface area contributed by atoms with E-state index in [1.54, 1.807) is 31.2 Å². The molecule has 0 aliphatic heterocycles. The number of nitrogens with zero attached hydrogens (tertiary/aromatic N) is 3. The molecule has 25 heavy (non-hydrogen) atoms. The van der Waals surface area contributed by atoms with Gasteiger partial charge in [-0.1, -0.05) is 35.0 Å². The fourth-order valence-corrected chi connectivity index (χ4v) is 3.25. The second-order valence-electron chi connectivity index (χ2n) is 5.12. The molecule has 0 saturated carbocycles. The number of aromatic amines is 1. The van der Waals surface area contributed by atoms with Crippen LogP contribution >= 0.6 is 35.0 Å². The van der Waals surface area contributed by atoms with E-state index in [0.717, 1.165) is 0 Å². The number of benzene rings is 1. The second-order valence-corrected chi connectivity index (χ2v) is 7.30. The molecule has 0 fully saturated rings. The van der Waals surface area contributed by atoms with Crippen LogP contribution in [0, 0.1) is 11.3 Å². The summed E-state index contributed by atoms with van der Waals surface area (Å²) in [7, 11) is 0. The van der Waals surface area contributed by atoms with Crippen LogP contribution in [0.5, 0.6) is 0 Å². The van der Waals surface area contributed by atoms with Crippen LogP contribution in [0.15, 0.2) is 35.6 Å². The molecule has 0 bridgehead atoms. The van der Waals surface area contributed by atoms with Crippen LogP contribution in [0.2, 0.25) is 10.0 Å². The molecule has 0 spiro atoms. The predicted molar refractivity (Wildman–Crippen MR) is 99.0 cm³/mol. The molecular weight excluding hydrogens is 381 g/mol. The topological polar surface area (TPSA) is 94.5 Å². The number of nitrogens with one attached hydrogen (secondary N) is 2. The van der Waals surface area contributed by atoms with E-state index in [1.165, 1.54) is 18.0 Å². The smallest absolute Gasteiger partial charge is 0.237 e. The van der Waals surface area contributed by atoms with E-state index >= 15 is 0 Å². The van der Waals surface area contributed by atoms with Gasteiger partial charge in [0.05, 0.1) is 26.4 Å². The van der Waals surface area contributed by atoms with E-state index in [1.807, 2.05) is 6.07 Å². The number of aromatic nitrogens is 3. The van der Waals surface area contributed by atoms with Crippen molar-refractivity contribution in [1.82, 2.24) is 15.0 Å². The Bertz CT molecular complexity index is 998. The monoisotopic (exact) mass is 391 g/mol. The number of thioether (sulfide) groups is 1. The van der Waals surface area contributed by atoms with E-state index in [-0.39, 0.29) is 5.91 Å². The van der Waals surface area contributed by atoms with Crippen LogP contribution < -0.4 is 5.32 Å². The number of rotatable bonds is 4. The Balaban J connectivity index is 1.69. The van der Waals surface area contributed by atoms with Gasteiger partial charge in [0.2, 0.25) is 5.91 Å². The van der Waals surface area contributed by atoms with Gasteiger partial charge in [-0.2, -0.15) is 5.26 Å². The Morgan fingerprint density at radius 2 is 2.20 bits per heavy atom. The average Bonchev–Trinajstić information content (AvgIpc) is 2.96. The van der Waals surface area contributed by atoms with Crippen LogP contribution in [0.3, 0.4) is 0 Å². The zero-order valence-electron chi connectivity index (χ0n) is 12.9. The average molecular weight is 392 g/mol. The first-order valence-electron chi connectivity index (χ1n) is 7.14. The maximum atomic E-state index is 12.3. The summed E-state index contributed by atoms with van der Waals surface area (Å²) >= 11 is 13.1. The predicted octanol–water partition coefficient (Wildman–Crippen LogP) is 4.26. The van der Waals surface area contributed by atoms with Gasteiger partial charge in [0.25, 0.3) is 0 Å². The lowest BCUT2D eigenvalue weighted by Gasteiger charge is -2.11. The first kappa shape index (κ1) is 17.5. The van der Waals surface area contributed by atoms with Crippen molar-refractivity contribution in [2.45, 2.75) is 17.3 Å². The fraction of sp³-hybridized carbons (Fsp3) is 0.125. The highest BCUT2D eigenvalue weighted by molar-refractivity contribution is 8.00.